The number of halogens is 1. The monoisotopic (exact) mass is 252 g/mol. The molecule has 1 atom stereocenters. The highest BCUT2D eigenvalue weighted by atomic mass is 35.5. The van der Waals surface area contributed by atoms with Crippen LogP contribution in [0.3, 0.4) is 0 Å². The van der Waals surface area contributed by atoms with Crippen LogP contribution in [0.15, 0.2) is 24.3 Å². The van der Waals surface area contributed by atoms with Crippen molar-refractivity contribution in [3.63, 3.8) is 0 Å². The van der Waals surface area contributed by atoms with Crippen molar-refractivity contribution in [2.75, 3.05) is 27.2 Å². The van der Waals surface area contributed by atoms with Gasteiger partial charge in [0.2, 0.25) is 0 Å². The van der Waals surface area contributed by atoms with Crippen LogP contribution >= 0.6 is 11.6 Å². The molecule has 1 fully saturated rings. The van der Waals surface area contributed by atoms with Crippen molar-refractivity contribution in [1.29, 1.82) is 0 Å². The summed E-state index contributed by atoms with van der Waals surface area (Å²) in [7, 11) is 4.26. The Morgan fingerprint density at radius 2 is 2.18 bits per heavy atom. The van der Waals surface area contributed by atoms with Gasteiger partial charge in [0, 0.05) is 11.6 Å². The van der Waals surface area contributed by atoms with E-state index in [0.717, 1.165) is 18.1 Å². The van der Waals surface area contributed by atoms with Crippen LogP contribution in [0.25, 0.3) is 0 Å². The standard InChI is InChI=1S/C14H21ClN2/c1-17(2)11-14(8-3-4-9-16-14)12-6-5-7-13(15)10-12/h5-7,10,16H,3-4,8-9,11H2,1-2H3. The minimum Gasteiger partial charge on any atom is -0.307 e. The molecule has 1 N–H and O–H groups in total. The number of nitrogens with one attached hydrogen (secondary N) is 1. The Balaban J connectivity index is 2.31. The van der Waals surface area contributed by atoms with Gasteiger partial charge < -0.3 is 10.2 Å². The molecule has 2 rings (SSSR count). The van der Waals surface area contributed by atoms with Crippen molar-refractivity contribution in [3.05, 3.63) is 34.9 Å². The zero-order chi connectivity index (χ0) is 12.3. The van der Waals surface area contributed by atoms with Crippen LogP contribution in [0.4, 0.5) is 0 Å². The number of hydrogen-bond acceptors (Lipinski definition) is 2. The van der Waals surface area contributed by atoms with Crippen molar-refractivity contribution in [3.8, 4) is 0 Å². The van der Waals surface area contributed by atoms with E-state index in [9.17, 15) is 0 Å². The molecule has 1 aliphatic rings. The zero-order valence-electron chi connectivity index (χ0n) is 10.7. The number of nitrogens with zero attached hydrogens (tertiary/aromatic N) is 1. The summed E-state index contributed by atoms with van der Waals surface area (Å²) in [6.45, 7) is 2.12. The summed E-state index contributed by atoms with van der Waals surface area (Å²) in [5.41, 5.74) is 1.39. The van der Waals surface area contributed by atoms with Crippen LogP contribution in [-0.4, -0.2) is 32.1 Å². The second-order valence-corrected chi connectivity index (χ2v) is 5.65. The molecule has 0 saturated carbocycles. The molecule has 0 aromatic heterocycles. The molecule has 0 aliphatic carbocycles. The summed E-state index contributed by atoms with van der Waals surface area (Å²) >= 11 is 6.12. The van der Waals surface area contributed by atoms with E-state index in [1.165, 1.54) is 24.8 Å². The first-order valence-corrected chi connectivity index (χ1v) is 6.66. The lowest BCUT2D eigenvalue weighted by Gasteiger charge is -2.41. The maximum Gasteiger partial charge on any atom is 0.0563 e. The quantitative estimate of drug-likeness (QED) is 0.890. The normalized spacial score (nSPS) is 25.2. The lowest BCUT2D eigenvalue weighted by molar-refractivity contribution is 0.190. The van der Waals surface area contributed by atoms with E-state index >= 15 is 0 Å². The van der Waals surface area contributed by atoms with E-state index in [4.69, 9.17) is 11.6 Å². The average Bonchev–Trinajstić information content (AvgIpc) is 2.29. The third kappa shape index (κ3) is 3.01. The number of likely N-dealkylation sites (N-methyl/N-ethyl adjacent to an activating group) is 1. The largest absolute Gasteiger partial charge is 0.307 e. The molecule has 1 heterocycles. The SMILES string of the molecule is CN(C)CC1(c2cccc(Cl)c2)CCCCN1. The van der Waals surface area contributed by atoms with E-state index in [1.807, 2.05) is 12.1 Å². The molecular formula is C14H21ClN2. The molecule has 2 nitrogen and oxygen atoms in total. The minimum atomic E-state index is 0.0760. The van der Waals surface area contributed by atoms with Crippen LogP contribution in [-0.2, 0) is 5.54 Å². The smallest absolute Gasteiger partial charge is 0.0563 e. The van der Waals surface area contributed by atoms with Gasteiger partial charge in [-0.15, -0.1) is 0 Å². The summed E-state index contributed by atoms with van der Waals surface area (Å²) < 4.78 is 0. The predicted octanol–water partition coefficient (Wildman–Crippen LogP) is 2.87. The maximum absolute atomic E-state index is 6.12. The average molecular weight is 253 g/mol. The number of rotatable bonds is 3. The molecule has 0 radical (unpaired) electrons. The molecule has 3 heteroatoms. The van der Waals surface area contributed by atoms with Gasteiger partial charge in [0.15, 0.2) is 0 Å². The summed E-state index contributed by atoms with van der Waals surface area (Å²) in [5, 5.41) is 4.53. The van der Waals surface area contributed by atoms with Crippen molar-refractivity contribution in [2.45, 2.75) is 24.8 Å². The van der Waals surface area contributed by atoms with Gasteiger partial charge in [0.05, 0.1) is 5.54 Å². The van der Waals surface area contributed by atoms with Crippen LogP contribution in [0.2, 0.25) is 5.02 Å². The lowest BCUT2D eigenvalue weighted by atomic mass is 9.82. The maximum atomic E-state index is 6.12. The Bertz CT molecular complexity index is 370. The molecule has 1 unspecified atom stereocenters. The van der Waals surface area contributed by atoms with E-state index < -0.39 is 0 Å². The van der Waals surface area contributed by atoms with E-state index in [2.05, 4.69) is 36.4 Å². The van der Waals surface area contributed by atoms with Crippen molar-refractivity contribution in [1.82, 2.24) is 10.2 Å². The number of hydrogen-bond donors (Lipinski definition) is 1. The molecule has 1 saturated heterocycles. The molecule has 0 amide bonds. The number of piperidine rings is 1. The summed E-state index contributed by atoms with van der Waals surface area (Å²) in [6, 6.07) is 8.28. The molecule has 17 heavy (non-hydrogen) atoms. The van der Waals surface area contributed by atoms with Crippen LogP contribution in [0, 0.1) is 0 Å². The minimum absolute atomic E-state index is 0.0760. The van der Waals surface area contributed by atoms with Crippen LogP contribution < -0.4 is 5.32 Å². The molecule has 0 bridgehead atoms. The van der Waals surface area contributed by atoms with E-state index in [1.54, 1.807) is 0 Å². The fraction of sp³-hybridized carbons (Fsp3) is 0.571. The van der Waals surface area contributed by atoms with Gasteiger partial charge in [-0.05, 0) is 57.6 Å². The van der Waals surface area contributed by atoms with Crippen molar-refractivity contribution >= 4 is 11.6 Å². The highest BCUT2D eigenvalue weighted by Gasteiger charge is 2.34. The highest BCUT2D eigenvalue weighted by Crippen LogP contribution is 2.32. The summed E-state index contributed by atoms with van der Waals surface area (Å²) in [5.74, 6) is 0. The van der Waals surface area contributed by atoms with Gasteiger partial charge in [-0.2, -0.15) is 0 Å². The fourth-order valence-corrected chi connectivity index (χ4v) is 2.96. The zero-order valence-corrected chi connectivity index (χ0v) is 11.4. The lowest BCUT2D eigenvalue weighted by Crippen LogP contribution is -2.52. The van der Waals surface area contributed by atoms with Crippen molar-refractivity contribution in [2.24, 2.45) is 0 Å². The fourth-order valence-electron chi connectivity index (χ4n) is 2.77. The Morgan fingerprint density at radius 1 is 1.35 bits per heavy atom. The second kappa shape index (κ2) is 5.38. The first-order chi connectivity index (χ1) is 8.12. The molecule has 0 spiro atoms. The van der Waals surface area contributed by atoms with Gasteiger partial charge >= 0.3 is 0 Å². The molecular weight excluding hydrogens is 232 g/mol. The highest BCUT2D eigenvalue weighted by molar-refractivity contribution is 6.30. The van der Waals surface area contributed by atoms with Gasteiger partial charge in [-0.3, -0.25) is 0 Å². The molecule has 1 aromatic carbocycles. The van der Waals surface area contributed by atoms with E-state index in [-0.39, 0.29) is 5.54 Å². The third-order valence-electron chi connectivity index (χ3n) is 3.46. The summed E-state index contributed by atoms with van der Waals surface area (Å²) in [4.78, 5) is 2.25. The van der Waals surface area contributed by atoms with Gasteiger partial charge in [-0.25, -0.2) is 0 Å². The first kappa shape index (κ1) is 12.9. The number of benzene rings is 1. The molecule has 1 aliphatic heterocycles. The Morgan fingerprint density at radius 3 is 2.76 bits per heavy atom. The predicted molar refractivity (Wildman–Crippen MR) is 73.5 cm³/mol. The second-order valence-electron chi connectivity index (χ2n) is 5.21. The molecule has 1 aromatic rings. The topological polar surface area (TPSA) is 15.3 Å². The third-order valence-corrected chi connectivity index (χ3v) is 3.69. The van der Waals surface area contributed by atoms with Gasteiger partial charge in [-0.1, -0.05) is 23.7 Å². The Kier molecular flexibility index (Phi) is 4.08. The Hall–Kier alpha value is -0.570. The van der Waals surface area contributed by atoms with Crippen molar-refractivity contribution < 1.29 is 0 Å². The van der Waals surface area contributed by atoms with Crippen LogP contribution in [0.1, 0.15) is 24.8 Å². The van der Waals surface area contributed by atoms with E-state index in [0.29, 0.717) is 0 Å². The first-order valence-electron chi connectivity index (χ1n) is 6.28. The van der Waals surface area contributed by atoms with Gasteiger partial charge in [0.1, 0.15) is 0 Å². The summed E-state index contributed by atoms with van der Waals surface area (Å²) in [6.07, 6.45) is 3.74. The van der Waals surface area contributed by atoms with Gasteiger partial charge in [0.25, 0.3) is 0 Å². The Labute approximate surface area is 109 Å². The molecule has 94 valence electrons. The van der Waals surface area contributed by atoms with Crippen LogP contribution in [0.5, 0.6) is 0 Å².